The number of rotatable bonds is 5. The molecule has 5 rings (SSSR count). The Morgan fingerprint density at radius 2 is 1.87 bits per heavy atom. The topological polar surface area (TPSA) is 94.4 Å². The van der Waals surface area contributed by atoms with Crippen LogP contribution in [0.25, 0.3) is 11.1 Å². The lowest BCUT2D eigenvalue weighted by atomic mass is 9.98. The molecular weight excluding hydrogens is 492 g/mol. The molecule has 9 heteroatoms. The van der Waals surface area contributed by atoms with Crippen molar-refractivity contribution in [3.05, 3.63) is 89.8 Å². The van der Waals surface area contributed by atoms with E-state index in [0.29, 0.717) is 39.3 Å². The summed E-state index contributed by atoms with van der Waals surface area (Å²) in [6.07, 6.45) is 7.75. The Labute approximate surface area is 228 Å². The fourth-order valence-electron chi connectivity index (χ4n) is 4.72. The van der Waals surface area contributed by atoms with Gasteiger partial charge >= 0.3 is 0 Å². The SMILES string of the molecule is CCn1cc(NC(=O)CN2CCOCCOc3ccc(-c4cncnc4)cc3Cc3cccc(c3)C2)c(C)n1. The molecule has 0 saturated heterocycles. The highest BCUT2D eigenvalue weighted by Gasteiger charge is 2.16. The molecule has 2 aromatic carbocycles. The smallest absolute Gasteiger partial charge is 0.238 e. The molecule has 2 aromatic heterocycles. The number of amides is 1. The van der Waals surface area contributed by atoms with Crippen LogP contribution >= 0.6 is 0 Å². The van der Waals surface area contributed by atoms with E-state index in [1.54, 1.807) is 0 Å². The highest BCUT2D eigenvalue weighted by Crippen LogP contribution is 2.28. The zero-order valence-corrected chi connectivity index (χ0v) is 22.5. The number of ether oxygens (including phenoxy) is 2. The standard InChI is InChI=1S/C30H34N6O3/c1-3-36-19-28(22(2)34-36)33-30(37)20-35-9-10-38-11-12-39-29-8-7-25(27-16-31-21-32-17-27)15-26(29)14-23-5-4-6-24(13-23)18-35/h4-8,13,15-17,19,21H,3,9-12,14,18,20H2,1-2H3,(H,33,37). The molecule has 9 nitrogen and oxygen atoms in total. The Morgan fingerprint density at radius 3 is 2.69 bits per heavy atom. The second-order valence-electron chi connectivity index (χ2n) is 9.65. The van der Waals surface area contributed by atoms with E-state index in [2.05, 4.69) is 55.6 Å². The monoisotopic (exact) mass is 526 g/mol. The Kier molecular flexibility index (Phi) is 8.60. The van der Waals surface area contributed by atoms with Crippen molar-refractivity contribution in [1.29, 1.82) is 0 Å². The quantitative estimate of drug-likeness (QED) is 0.418. The van der Waals surface area contributed by atoms with Gasteiger partial charge in [0.1, 0.15) is 18.7 Å². The number of hydrogen-bond acceptors (Lipinski definition) is 7. The number of carbonyl (C=O) groups is 1. The number of nitrogens with zero attached hydrogens (tertiary/aromatic N) is 5. The number of carbonyl (C=O) groups excluding carboxylic acids is 1. The van der Waals surface area contributed by atoms with Gasteiger partial charge in [-0.15, -0.1) is 0 Å². The summed E-state index contributed by atoms with van der Waals surface area (Å²) in [4.78, 5) is 23.4. The minimum absolute atomic E-state index is 0.0688. The lowest BCUT2D eigenvalue weighted by Gasteiger charge is -2.23. The summed E-state index contributed by atoms with van der Waals surface area (Å²) in [5, 5.41) is 7.44. The van der Waals surface area contributed by atoms with Gasteiger partial charge in [0.25, 0.3) is 0 Å². The maximum absolute atomic E-state index is 13.0. The highest BCUT2D eigenvalue weighted by molar-refractivity contribution is 5.92. The van der Waals surface area contributed by atoms with E-state index in [1.807, 2.05) is 49.3 Å². The predicted octanol–water partition coefficient (Wildman–Crippen LogP) is 4.11. The molecule has 0 unspecified atom stereocenters. The summed E-state index contributed by atoms with van der Waals surface area (Å²) in [5.41, 5.74) is 6.97. The molecule has 0 fully saturated rings. The number of aromatic nitrogens is 4. The van der Waals surface area contributed by atoms with Gasteiger partial charge in [0, 0.05) is 50.2 Å². The van der Waals surface area contributed by atoms with Crippen molar-refractivity contribution >= 4 is 11.6 Å². The first-order valence-electron chi connectivity index (χ1n) is 13.3. The van der Waals surface area contributed by atoms with Crippen LogP contribution in [0.3, 0.4) is 0 Å². The molecule has 39 heavy (non-hydrogen) atoms. The number of aryl methyl sites for hydroxylation is 2. The summed E-state index contributed by atoms with van der Waals surface area (Å²) in [5.74, 6) is 0.780. The van der Waals surface area contributed by atoms with Crippen LogP contribution in [0.5, 0.6) is 5.75 Å². The van der Waals surface area contributed by atoms with Crippen LogP contribution in [-0.4, -0.2) is 63.5 Å². The number of benzene rings is 2. The summed E-state index contributed by atoms with van der Waals surface area (Å²) in [6.45, 7) is 7.62. The molecule has 1 aliphatic heterocycles. The largest absolute Gasteiger partial charge is 0.491 e. The average Bonchev–Trinajstić information content (AvgIpc) is 3.30. The minimum Gasteiger partial charge on any atom is -0.491 e. The second kappa shape index (κ2) is 12.6. The van der Waals surface area contributed by atoms with Crippen LogP contribution in [0.1, 0.15) is 29.3 Å². The molecule has 4 aromatic rings. The summed E-state index contributed by atoms with van der Waals surface area (Å²) >= 11 is 0. The summed E-state index contributed by atoms with van der Waals surface area (Å²) in [6, 6.07) is 14.7. The summed E-state index contributed by atoms with van der Waals surface area (Å²) < 4.78 is 13.8. The average molecular weight is 527 g/mol. The van der Waals surface area contributed by atoms with Gasteiger partial charge in [-0.05, 0) is 48.2 Å². The minimum atomic E-state index is -0.0688. The van der Waals surface area contributed by atoms with Gasteiger partial charge in [0.15, 0.2) is 0 Å². The van der Waals surface area contributed by atoms with Gasteiger partial charge in [-0.25, -0.2) is 9.97 Å². The van der Waals surface area contributed by atoms with Gasteiger partial charge < -0.3 is 14.8 Å². The predicted molar refractivity (Wildman–Crippen MR) is 150 cm³/mol. The van der Waals surface area contributed by atoms with E-state index in [1.165, 1.54) is 11.9 Å². The van der Waals surface area contributed by atoms with E-state index in [-0.39, 0.29) is 12.5 Å². The Hall–Kier alpha value is -4.08. The fraction of sp³-hybridized carbons (Fsp3) is 0.333. The molecule has 1 aliphatic rings. The molecule has 1 amide bonds. The van der Waals surface area contributed by atoms with Gasteiger partial charge in [0.05, 0.1) is 31.1 Å². The number of anilines is 1. The van der Waals surface area contributed by atoms with Crippen molar-refractivity contribution in [2.75, 3.05) is 38.2 Å². The first kappa shape index (κ1) is 26.5. The number of nitrogens with one attached hydrogen (secondary N) is 1. The third-order valence-electron chi connectivity index (χ3n) is 6.70. The normalized spacial score (nSPS) is 14.6. The molecular formula is C30H34N6O3. The molecule has 0 radical (unpaired) electrons. The molecule has 202 valence electrons. The van der Waals surface area contributed by atoms with Crippen molar-refractivity contribution in [2.24, 2.45) is 0 Å². The lowest BCUT2D eigenvalue weighted by Crippen LogP contribution is -2.35. The molecule has 3 heterocycles. The van der Waals surface area contributed by atoms with Crippen molar-refractivity contribution in [1.82, 2.24) is 24.6 Å². The van der Waals surface area contributed by atoms with E-state index >= 15 is 0 Å². The van der Waals surface area contributed by atoms with Gasteiger partial charge in [-0.3, -0.25) is 14.4 Å². The Bertz CT molecular complexity index is 1410. The molecule has 0 atom stereocenters. The molecule has 0 spiro atoms. The van der Waals surface area contributed by atoms with E-state index in [0.717, 1.165) is 45.9 Å². The van der Waals surface area contributed by atoms with Gasteiger partial charge in [-0.1, -0.05) is 30.3 Å². The van der Waals surface area contributed by atoms with E-state index in [4.69, 9.17) is 9.47 Å². The zero-order valence-electron chi connectivity index (χ0n) is 22.5. The third kappa shape index (κ3) is 7.07. The molecule has 0 saturated carbocycles. The van der Waals surface area contributed by atoms with Crippen molar-refractivity contribution < 1.29 is 14.3 Å². The Morgan fingerprint density at radius 1 is 1.03 bits per heavy atom. The lowest BCUT2D eigenvalue weighted by molar-refractivity contribution is -0.117. The zero-order chi connectivity index (χ0) is 27.0. The Balaban J connectivity index is 1.34. The van der Waals surface area contributed by atoms with Crippen LogP contribution in [-0.2, 0) is 29.0 Å². The summed E-state index contributed by atoms with van der Waals surface area (Å²) in [7, 11) is 0. The molecule has 1 N–H and O–H groups in total. The van der Waals surface area contributed by atoms with E-state index < -0.39 is 0 Å². The first-order chi connectivity index (χ1) is 19.1. The van der Waals surface area contributed by atoms with Gasteiger partial charge in [0.2, 0.25) is 5.91 Å². The number of hydrogen-bond donors (Lipinski definition) is 1. The molecule has 0 aliphatic carbocycles. The second-order valence-corrected chi connectivity index (χ2v) is 9.65. The van der Waals surface area contributed by atoms with Crippen LogP contribution in [0.4, 0.5) is 5.69 Å². The van der Waals surface area contributed by atoms with Crippen LogP contribution in [0.15, 0.2) is 67.4 Å². The van der Waals surface area contributed by atoms with Crippen LogP contribution in [0, 0.1) is 6.92 Å². The number of fused-ring (bicyclic) bond motifs is 3. The van der Waals surface area contributed by atoms with Crippen LogP contribution < -0.4 is 10.1 Å². The van der Waals surface area contributed by atoms with Crippen LogP contribution in [0.2, 0.25) is 0 Å². The highest BCUT2D eigenvalue weighted by atomic mass is 16.5. The fourth-order valence-corrected chi connectivity index (χ4v) is 4.72. The first-order valence-corrected chi connectivity index (χ1v) is 13.3. The van der Waals surface area contributed by atoms with Gasteiger partial charge in [-0.2, -0.15) is 5.10 Å². The van der Waals surface area contributed by atoms with Crippen molar-refractivity contribution in [3.8, 4) is 16.9 Å². The third-order valence-corrected chi connectivity index (χ3v) is 6.70. The van der Waals surface area contributed by atoms with Crippen molar-refractivity contribution in [2.45, 2.75) is 33.4 Å². The maximum Gasteiger partial charge on any atom is 0.238 e. The van der Waals surface area contributed by atoms with Crippen molar-refractivity contribution in [3.63, 3.8) is 0 Å². The van der Waals surface area contributed by atoms with E-state index in [9.17, 15) is 4.79 Å². The maximum atomic E-state index is 13.0. The molecule has 2 bridgehead atoms.